The van der Waals surface area contributed by atoms with E-state index in [9.17, 15) is 9.59 Å². The molecule has 1 N–H and O–H groups in total. The Kier molecular flexibility index (Phi) is 5.79. The molecule has 182 valence electrons. The molecule has 0 unspecified atom stereocenters. The van der Waals surface area contributed by atoms with Gasteiger partial charge in [0.15, 0.2) is 6.61 Å². The number of nitrogens with one attached hydrogen (secondary N) is 1. The largest absolute Gasteiger partial charge is 0.466 e. The zero-order valence-corrected chi connectivity index (χ0v) is 21.2. The average Bonchev–Trinajstić information content (AvgIpc) is 3.32. The van der Waals surface area contributed by atoms with Crippen molar-refractivity contribution in [1.82, 2.24) is 10.3 Å². The van der Waals surface area contributed by atoms with E-state index in [1.807, 2.05) is 56.5 Å². The first-order valence-corrected chi connectivity index (χ1v) is 12.6. The molecule has 1 aromatic carbocycles. The summed E-state index contributed by atoms with van der Waals surface area (Å²) in [6, 6.07) is 14.2. The lowest BCUT2D eigenvalue weighted by Crippen LogP contribution is -2.52. The third-order valence-electron chi connectivity index (χ3n) is 6.48. The van der Waals surface area contributed by atoms with Crippen molar-refractivity contribution in [2.24, 2.45) is 0 Å². The molecule has 2 amide bonds. The number of carbonyl (C=O) groups is 2. The topological polar surface area (TPSA) is 80.8 Å². The van der Waals surface area contributed by atoms with Crippen molar-refractivity contribution in [2.45, 2.75) is 51.2 Å². The molecule has 2 aromatic heterocycles. The summed E-state index contributed by atoms with van der Waals surface area (Å²) in [6.07, 6.45) is 2.40. The van der Waals surface area contributed by atoms with Gasteiger partial charge in [0.25, 0.3) is 5.91 Å². The van der Waals surface area contributed by atoms with E-state index in [4.69, 9.17) is 14.5 Å². The van der Waals surface area contributed by atoms with Gasteiger partial charge in [-0.1, -0.05) is 30.3 Å². The maximum Gasteiger partial charge on any atom is 0.408 e. The van der Waals surface area contributed by atoms with Crippen LogP contribution < -0.4 is 15.0 Å². The van der Waals surface area contributed by atoms with Gasteiger partial charge in [-0.05, 0) is 63.1 Å². The molecule has 3 aromatic rings. The molecule has 0 spiro atoms. The lowest BCUT2D eigenvalue weighted by molar-refractivity contribution is -0.121. The van der Waals surface area contributed by atoms with Crippen LogP contribution in [0.5, 0.6) is 5.88 Å². The summed E-state index contributed by atoms with van der Waals surface area (Å²) < 4.78 is 11.2. The zero-order chi connectivity index (χ0) is 24.8. The van der Waals surface area contributed by atoms with Gasteiger partial charge in [-0.3, -0.25) is 4.79 Å². The Morgan fingerprint density at radius 2 is 1.94 bits per heavy atom. The average molecular weight is 492 g/mol. The first-order chi connectivity index (χ1) is 16.7. The van der Waals surface area contributed by atoms with Gasteiger partial charge in [-0.2, -0.15) is 0 Å². The van der Waals surface area contributed by atoms with Gasteiger partial charge in [-0.25, -0.2) is 9.78 Å². The number of thiophene rings is 1. The van der Waals surface area contributed by atoms with E-state index in [1.54, 1.807) is 23.3 Å². The Balaban J connectivity index is 1.49. The van der Waals surface area contributed by atoms with Crippen LogP contribution in [0.4, 0.5) is 10.5 Å². The number of likely N-dealkylation sites (N-methyl/N-ethyl adjacent to an activating group) is 1. The number of ether oxygens (including phenoxy) is 2. The van der Waals surface area contributed by atoms with Crippen molar-refractivity contribution in [3.63, 3.8) is 0 Å². The van der Waals surface area contributed by atoms with Crippen LogP contribution in [0.25, 0.3) is 21.7 Å². The Labute approximate surface area is 209 Å². The molecule has 0 bridgehead atoms. The minimum Gasteiger partial charge on any atom is -0.466 e. The van der Waals surface area contributed by atoms with Crippen molar-refractivity contribution in [3.05, 3.63) is 53.4 Å². The molecule has 1 aliphatic heterocycles. The number of amides is 2. The molecule has 3 heterocycles. The van der Waals surface area contributed by atoms with Crippen LogP contribution in [0.2, 0.25) is 0 Å². The molecule has 8 heteroatoms. The summed E-state index contributed by atoms with van der Waals surface area (Å²) in [6.45, 7) is 5.57. The second kappa shape index (κ2) is 8.68. The van der Waals surface area contributed by atoms with Crippen LogP contribution in [0.1, 0.15) is 45.6 Å². The van der Waals surface area contributed by atoms with Crippen LogP contribution in [-0.4, -0.2) is 36.2 Å². The van der Waals surface area contributed by atoms with E-state index in [1.165, 1.54) is 0 Å². The summed E-state index contributed by atoms with van der Waals surface area (Å²) in [5.74, 6) is 0.352. The molecular formula is C27H29N3O4S. The molecule has 2 aliphatic rings. The maximum atomic E-state index is 12.5. The van der Waals surface area contributed by atoms with Crippen molar-refractivity contribution in [2.75, 3.05) is 18.6 Å². The van der Waals surface area contributed by atoms with Crippen molar-refractivity contribution in [1.29, 1.82) is 0 Å². The highest BCUT2D eigenvalue weighted by molar-refractivity contribution is 7.13. The molecule has 35 heavy (non-hydrogen) atoms. The predicted octanol–water partition coefficient (Wildman–Crippen LogP) is 5.74. The third kappa shape index (κ3) is 4.50. The van der Waals surface area contributed by atoms with E-state index in [0.717, 1.165) is 46.5 Å². The number of pyridine rings is 1. The maximum absolute atomic E-state index is 12.5. The molecule has 1 aliphatic carbocycles. The van der Waals surface area contributed by atoms with Crippen LogP contribution in [0, 0.1) is 0 Å². The van der Waals surface area contributed by atoms with Crippen LogP contribution in [0.3, 0.4) is 0 Å². The van der Waals surface area contributed by atoms with Gasteiger partial charge in [0.1, 0.15) is 11.3 Å². The van der Waals surface area contributed by atoms with E-state index in [-0.39, 0.29) is 12.5 Å². The Morgan fingerprint density at radius 1 is 1.20 bits per heavy atom. The number of carbonyl (C=O) groups excluding carboxylic acids is 2. The molecule has 7 nitrogen and oxygen atoms in total. The van der Waals surface area contributed by atoms with E-state index in [0.29, 0.717) is 11.6 Å². The number of alkyl carbamates (subject to hydrolysis) is 1. The number of nitrogens with zero attached hydrogens (tertiary/aromatic N) is 2. The summed E-state index contributed by atoms with van der Waals surface area (Å²) >= 11 is 1.62. The zero-order valence-electron chi connectivity index (χ0n) is 20.4. The first-order valence-electron chi connectivity index (χ1n) is 11.8. The monoisotopic (exact) mass is 491 g/mol. The Hall–Kier alpha value is -3.39. The van der Waals surface area contributed by atoms with Crippen molar-refractivity contribution < 1.29 is 19.1 Å². The van der Waals surface area contributed by atoms with Gasteiger partial charge < -0.3 is 19.7 Å². The normalized spacial score (nSPS) is 16.7. The Bertz CT molecular complexity index is 1260. The number of fused-ring (bicyclic) bond motifs is 1. The van der Waals surface area contributed by atoms with Crippen LogP contribution in [-0.2, 0) is 15.1 Å². The minimum absolute atomic E-state index is 0.0217. The number of anilines is 1. The highest BCUT2D eigenvalue weighted by atomic mass is 32.1. The lowest BCUT2D eigenvalue weighted by atomic mass is 9.71. The van der Waals surface area contributed by atoms with Gasteiger partial charge in [-0.15, -0.1) is 11.3 Å². The number of aromatic nitrogens is 1. The second-order valence-electron chi connectivity index (χ2n) is 10.1. The van der Waals surface area contributed by atoms with Gasteiger partial charge in [0.05, 0.1) is 11.2 Å². The van der Waals surface area contributed by atoms with Gasteiger partial charge in [0, 0.05) is 23.1 Å². The molecule has 0 saturated heterocycles. The number of rotatable bonds is 4. The van der Waals surface area contributed by atoms with Crippen LogP contribution >= 0.6 is 11.3 Å². The third-order valence-corrected chi connectivity index (χ3v) is 7.38. The van der Waals surface area contributed by atoms with E-state index >= 15 is 0 Å². The molecule has 0 atom stereocenters. The predicted molar refractivity (Wildman–Crippen MR) is 137 cm³/mol. The molecule has 0 radical (unpaired) electrons. The highest BCUT2D eigenvalue weighted by Gasteiger charge is 2.41. The smallest absolute Gasteiger partial charge is 0.408 e. The lowest BCUT2D eigenvalue weighted by Gasteiger charge is -2.43. The number of benzene rings is 1. The fourth-order valence-corrected chi connectivity index (χ4v) is 5.24. The van der Waals surface area contributed by atoms with E-state index < -0.39 is 17.2 Å². The van der Waals surface area contributed by atoms with Crippen molar-refractivity contribution >= 4 is 29.0 Å². The SMILES string of the molecule is CN1C(=O)COc2nc(-c3ccc(C4(NC(=O)OC(C)(C)C)CCC4)cc3)c(-c3cccs3)cc21. The Morgan fingerprint density at radius 3 is 2.54 bits per heavy atom. The molecule has 1 fully saturated rings. The summed E-state index contributed by atoms with van der Waals surface area (Å²) in [5, 5.41) is 5.14. The molecule has 5 rings (SSSR count). The summed E-state index contributed by atoms with van der Waals surface area (Å²) in [5.41, 5.74) is 3.44. The highest BCUT2D eigenvalue weighted by Crippen LogP contribution is 2.44. The van der Waals surface area contributed by atoms with Crippen molar-refractivity contribution in [3.8, 4) is 27.6 Å². The minimum atomic E-state index is -0.546. The molecular weight excluding hydrogens is 462 g/mol. The molecule has 1 saturated carbocycles. The second-order valence-corrected chi connectivity index (χ2v) is 11.0. The number of hydrogen-bond donors (Lipinski definition) is 1. The van der Waals surface area contributed by atoms with Gasteiger partial charge in [0.2, 0.25) is 5.88 Å². The quantitative estimate of drug-likeness (QED) is 0.504. The number of hydrogen-bond acceptors (Lipinski definition) is 6. The summed E-state index contributed by atoms with van der Waals surface area (Å²) in [7, 11) is 1.74. The van der Waals surface area contributed by atoms with E-state index in [2.05, 4.69) is 17.4 Å². The first kappa shape index (κ1) is 23.4. The fraction of sp³-hybridized carbons (Fsp3) is 0.370. The fourth-order valence-electron chi connectivity index (χ4n) is 4.50. The standard InChI is InChI=1S/C27H29N3O4S/c1-26(2,3)34-25(32)29-27(12-6-13-27)18-10-8-17(9-11-18)23-19(21-7-5-14-35-21)15-20-24(28-23)33-16-22(31)30(20)4/h5,7-11,14-15H,6,12-13,16H2,1-4H3,(H,29,32). The van der Waals surface area contributed by atoms with Crippen LogP contribution in [0.15, 0.2) is 47.8 Å². The van der Waals surface area contributed by atoms with Gasteiger partial charge >= 0.3 is 6.09 Å². The summed E-state index contributed by atoms with van der Waals surface area (Å²) in [4.78, 5) is 32.2.